The standard InChI is InChI=1S/C34H30ClFN4O.2C2H6/c35-29-18-31-32(19-30(29)36)39-33(38-31)22-41-34(27-13-15-40(16-14-27)21-23-5-2-1-3-6-23)26-11-9-25(10-12-26)28-8-4-7-24(17-28)20-37;2*1-2/h1-12,17-19,27,34H,13-16,21-22H2,(H,38,39);2*1-2H3. The van der Waals surface area contributed by atoms with Gasteiger partial charge in [-0.25, -0.2) is 9.37 Å². The third kappa shape index (κ3) is 8.79. The van der Waals surface area contributed by atoms with E-state index in [0.29, 0.717) is 28.3 Å². The number of aromatic nitrogens is 2. The third-order valence-electron chi connectivity index (χ3n) is 7.85. The van der Waals surface area contributed by atoms with Crippen LogP contribution in [0.5, 0.6) is 0 Å². The van der Waals surface area contributed by atoms with Gasteiger partial charge >= 0.3 is 0 Å². The van der Waals surface area contributed by atoms with Crippen LogP contribution < -0.4 is 0 Å². The number of hydrogen-bond donors (Lipinski definition) is 1. The lowest BCUT2D eigenvalue weighted by molar-refractivity contribution is -0.0243. The van der Waals surface area contributed by atoms with E-state index in [-0.39, 0.29) is 17.7 Å². The van der Waals surface area contributed by atoms with Crippen molar-refractivity contribution in [2.24, 2.45) is 5.92 Å². The molecule has 1 aliphatic rings. The van der Waals surface area contributed by atoms with Gasteiger partial charge in [0, 0.05) is 12.6 Å². The molecule has 5 aromatic rings. The summed E-state index contributed by atoms with van der Waals surface area (Å²) in [6.07, 6.45) is 1.91. The fourth-order valence-electron chi connectivity index (χ4n) is 5.69. The Bertz CT molecular complexity index is 1630. The van der Waals surface area contributed by atoms with Crippen molar-refractivity contribution < 1.29 is 9.13 Å². The number of benzene rings is 4. The number of imidazole rings is 1. The van der Waals surface area contributed by atoms with Crippen LogP contribution >= 0.6 is 11.6 Å². The molecule has 6 rings (SSSR count). The number of piperidine rings is 1. The summed E-state index contributed by atoms with van der Waals surface area (Å²) < 4.78 is 20.6. The summed E-state index contributed by atoms with van der Waals surface area (Å²) >= 11 is 5.96. The Kier molecular flexibility index (Phi) is 12.7. The molecule has 0 amide bonds. The van der Waals surface area contributed by atoms with Gasteiger partial charge in [-0.2, -0.15) is 5.26 Å². The first kappa shape index (κ1) is 33.9. The molecule has 1 fully saturated rings. The molecule has 1 atom stereocenters. The van der Waals surface area contributed by atoms with Crippen LogP contribution in [0.1, 0.15) is 69.2 Å². The van der Waals surface area contributed by atoms with Crippen LogP contribution in [0.2, 0.25) is 5.02 Å². The van der Waals surface area contributed by atoms with Crippen molar-refractivity contribution in [1.29, 1.82) is 5.26 Å². The molecule has 0 aliphatic carbocycles. The molecular weight excluding hydrogens is 583 g/mol. The Morgan fingerprint density at radius 2 is 1.64 bits per heavy atom. The number of H-pyrrole nitrogens is 1. The number of nitrogens with zero attached hydrogens (tertiary/aromatic N) is 3. The summed E-state index contributed by atoms with van der Waals surface area (Å²) in [5.74, 6) is 0.500. The van der Waals surface area contributed by atoms with E-state index in [0.717, 1.165) is 49.2 Å². The minimum atomic E-state index is -0.476. The molecule has 1 aromatic heterocycles. The van der Waals surface area contributed by atoms with E-state index in [2.05, 4.69) is 75.5 Å². The van der Waals surface area contributed by atoms with Crippen LogP contribution in [-0.2, 0) is 17.9 Å². The van der Waals surface area contributed by atoms with E-state index >= 15 is 0 Å². The lowest BCUT2D eigenvalue weighted by Gasteiger charge is -2.36. The summed E-state index contributed by atoms with van der Waals surface area (Å²) in [6, 6.07) is 31.8. The highest BCUT2D eigenvalue weighted by Gasteiger charge is 2.29. The van der Waals surface area contributed by atoms with Gasteiger partial charge in [-0.05, 0) is 72.3 Å². The predicted octanol–water partition coefficient (Wildman–Crippen LogP) is 10.1. The highest BCUT2D eigenvalue weighted by atomic mass is 35.5. The maximum absolute atomic E-state index is 14.0. The van der Waals surface area contributed by atoms with Gasteiger partial charge in [-0.1, -0.05) is 106 Å². The minimum Gasteiger partial charge on any atom is -0.365 e. The van der Waals surface area contributed by atoms with Gasteiger partial charge in [-0.15, -0.1) is 0 Å². The van der Waals surface area contributed by atoms with E-state index in [9.17, 15) is 9.65 Å². The van der Waals surface area contributed by atoms with Crippen LogP contribution in [0, 0.1) is 23.1 Å². The normalized spacial score (nSPS) is 14.1. The van der Waals surface area contributed by atoms with E-state index in [1.807, 2.05) is 52.0 Å². The Balaban J connectivity index is 0.00000111. The number of aromatic amines is 1. The Morgan fingerprint density at radius 3 is 2.33 bits per heavy atom. The van der Waals surface area contributed by atoms with Gasteiger partial charge in [0.05, 0.1) is 33.8 Å². The van der Waals surface area contributed by atoms with Crippen LogP contribution in [0.3, 0.4) is 0 Å². The SMILES string of the molecule is CC.CC.N#Cc1cccc(-c2ccc(C(OCc3nc4cc(Cl)c(F)cc4[nH]3)C3CCN(Cc4ccccc4)CC3)cc2)c1. The molecule has 45 heavy (non-hydrogen) atoms. The molecule has 1 aliphatic heterocycles. The zero-order valence-electron chi connectivity index (χ0n) is 26.6. The quantitative estimate of drug-likeness (QED) is 0.187. The molecule has 1 N–H and O–H groups in total. The van der Waals surface area contributed by atoms with E-state index in [1.165, 1.54) is 17.7 Å². The molecule has 0 radical (unpaired) electrons. The second-order valence-corrected chi connectivity index (χ2v) is 11.0. The molecule has 7 heteroatoms. The van der Waals surface area contributed by atoms with Crippen molar-refractivity contribution in [3.8, 4) is 17.2 Å². The Labute approximate surface area is 271 Å². The first-order chi connectivity index (χ1) is 22.1. The van der Waals surface area contributed by atoms with E-state index in [4.69, 9.17) is 16.3 Å². The van der Waals surface area contributed by atoms with Crippen LogP contribution in [0.15, 0.2) is 91.0 Å². The molecule has 1 saturated heterocycles. The second kappa shape index (κ2) is 16.9. The third-order valence-corrected chi connectivity index (χ3v) is 8.14. The lowest BCUT2D eigenvalue weighted by atomic mass is 9.86. The molecule has 0 spiro atoms. The van der Waals surface area contributed by atoms with Crippen molar-refractivity contribution in [1.82, 2.24) is 14.9 Å². The maximum Gasteiger partial charge on any atom is 0.144 e. The number of nitrogens with one attached hydrogen (secondary N) is 1. The van der Waals surface area contributed by atoms with Crippen molar-refractivity contribution in [3.63, 3.8) is 0 Å². The largest absolute Gasteiger partial charge is 0.365 e. The van der Waals surface area contributed by atoms with Gasteiger partial charge in [0.1, 0.15) is 18.2 Å². The number of fused-ring (bicyclic) bond motifs is 1. The summed E-state index contributed by atoms with van der Waals surface area (Å²) in [4.78, 5) is 10.3. The van der Waals surface area contributed by atoms with E-state index < -0.39 is 5.82 Å². The number of likely N-dealkylation sites (tertiary alicyclic amines) is 1. The molecule has 234 valence electrons. The highest BCUT2D eigenvalue weighted by molar-refractivity contribution is 6.31. The molecule has 2 heterocycles. The first-order valence-electron chi connectivity index (χ1n) is 15.9. The topological polar surface area (TPSA) is 64.9 Å². The average molecular weight is 625 g/mol. The molecule has 0 saturated carbocycles. The van der Waals surface area contributed by atoms with Crippen molar-refractivity contribution in [2.75, 3.05) is 13.1 Å². The first-order valence-corrected chi connectivity index (χ1v) is 16.3. The zero-order valence-corrected chi connectivity index (χ0v) is 27.3. The maximum atomic E-state index is 14.0. The second-order valence-electron chi connectivity index (χ2n) is 10.6. The Hall–Kier alpha value is -4.02. The monoisotopic (exact) mass is 624 g/mol. The predicted molar refractivity (Wildman–Crippen MR) is 182 cm³/mol. The van der Waals surface area contributed by atoms with Gasteiger partial charge in [0.25, 0.3) is 0 Å². The summed E-state index contributed by atoms with van der Waals surface area (Å²) in [6.45, 7) is 11.2. The molecule has 5 nitrogen and oxygen atoms in total. The lowest BCUT2D eigenvalue weighted by Crippen LogP contribution is -2.35. The zero-order chi connectivity index (χ0) is 32.2. The number of halogens is 2. The molecular formula is C38H42ClFN4O. The van der Waals surface area contributed by atoms with Crippen molar-refractivity contribution >= 4 is 22.6 Å². The number of hydrogen-bond acceptors (Lipinski definition) is 4. The number of nitriles is 1. The fraction of sp³-hybridized carbons (Fsp3) is 0.316. The fourth-order valence-corrected chi connectivity index (χ4v) is 5.85. The average Bonchev–Trinajstić information content (AvgIpc) is 3.49. The summed E-state index contributed by atoms with van der Waals surface area (Å²) in [5, 5.41) is 9.35. The highest BCUT2D eigenvalue weighted by Crippen LogP contribution is 2.36. The molecule has 0 bridgehead atoms. The van der Waals surface area contributed by atoms with Gasteiger partial charge in [-0.3, -0.25) is 4.90 Å². The molecule has 1 unspecified atom stereocenters. The van der Waals surface area contributed by atoms with Crippen LogP contribution in [-0.4, -0.2) is 28.0 Å². The number of ether oxygens (including phenoxy) is 1. The smallest absolute Gasteiger partial charge is 0.144 e. The molecule has 4 aromatic carbocycles. The van der Waals surface area contributed by atoms with Crippen molar-refractivity contribution in [3.05, 3.63) is 124 Å². The van der Waals surface area contributed by atoms with Crippen LogP contribution in [0.4, 0.5) is 4.39 Å². The Morgan fingerprint density at radius 1 is 0.933 bits per heavy atom. The van der Waals surface area contributed by atoms with Gasteiger partial charge in [0.15, 0.2) is 0 Å². The van der Waals surface area contributed by atoms with Gasteiger partial charge < -0.3 is 9.72 Å². The van der Waals surface area contributed by atoms with Gasteiger partial charge in [0.2, 0.25) is 0 Å². The van der Waals surface area contributed by atoms with Crippen LogP contribution in [0.25, 0.3) is 22.2 Å². The van der Waals surface area contributed by atoms with E-state index in [1.54, 1.807) is 0 Å². The van der Waals surface area contributed by atoms with Crippen molar-refractivity contribution in [2.45, 2.75) is 59.8 Å². The summed E-state index contributed by atoms with van der Waals surface area (Å²) in [7, 11) is 0. The number of rotatable bonds is 8. The minimum absolute atomic E-state index is 0.0528. The summed E-state index contributed by atoms with van der Waals surface area (Å²) in [5.41, 5.74) is 6.36.